The molecule has 3 aromatic rings. The Bertz CT molecular complexity index is 1420. The monoisotopic (exact) mass is 591 g/mol. The molecule has 1 fully saturated rings. The van der Waals surface area contributed by atoms with E-state index in [1.54, 1.807) is 23.1 Å². The maximum atomic E-state index is 13.7. The number of fused-ring (bicyclic) bond motifs is 4. The summed E-state index contributed by atoms with van der Waals surface area (Å²) in [6, 6.07) is 5.13. The number of carbonyl (C=O) groups is 3. The van der Waals surface area contributed by atoms with Crippen LogP contribution in [0, 0.1) is 0 Å². The third kappa shape index (κ3) is 3.48. The minimum atomic E-state index is -0.553. The Balaban J connectivity index is 1.54. The van der Waals surface area contributed by atoms with Gasteiger partial charge in [-0.1, -0.05) is 22.6 Å². The fraction of sp³-hybridized carbons (Fsp3) is 0.292. The minimum absolute atomic E-state index is 0.00458. The van der Waals surface area contributed by atoms with Crippen molar-refractivity contribution >= 4 is 51.2 Å². The lowest BCUT2D eigenvalue weighted by atomic mass is 9.89. The number of ether oxygens (including phenoxy) is 4. The van der Waals surface area contributed by atoms with Gasteiger partial charge in [-0.3, -0.25) is 9.59 Å². The molecule has 0 spiro atoms. The third-order valence-electron chi connectivity index (χ3n) is 6.36. The highest BCUT2D eigenvalue weighted by Crippen LogP contribution is 2.47. The predicted octanol–water partition coefficient (Wildman–Crippen LogP) is 3.43. The van der Waals surface area contributed by atoms with Gasteiger partial charge in [0.15, 0.2) is 11.5 Å². The zero-order valence-corrected chi connectivity index (χ0v) is 21.5. The number of allylic oxidation sites excluding steroid dienone is 2. The van der Waals surface area contributed by atoms with Crippen molar-refractivity contribution < 1.29 is 33.3 Å². The standard InChI is InChI=1S/C24H22IN3O7/c1-32-17-6-10-5-13(26-19(10)22(34-3)21(17)33-2)23(30)28-9-12(25)18-11-7-14(24(31)35-4)27-20(11)16(29)8-15(18)28/h5-8,12,18,26-27H,9H2,1-4H3/t12-,18?/m1/s1. The van der Waals surface area contributed by atoms with Crippen LogP contribution in [-0.4, -0.2) is 71.4 Å². The lowest BCUT2D eigenvalue weighted by molar-refractivity contribution is 0.0594. The molecule has 1 amide bonds. The highest BCUT2D eigenvalue weighted by molar-refractivity contribution is 14.1. The second-order valence-electron chi connectivity index (χ2n) is 8.14. The molecule has 2 atom stereocenters. The minimum Gasteiger partial charge on any atom is -0.493 e. The molecule has 1 unspecified atom stereocenters. The number of benzene rings is 1. The van der Waals surface area contributed by atoms with Crippen LogP contribution < -0.4 is 14.2 Å². The number of likely N-dealkylation sites (tertiary alicyclic amines) is 1. The highest BCUT2D eigenvalue weighted by Gasteiger charge is 2.45. The Morgan fingerprint density at radius 2 is 1.74 bits per heavy atom. The van der Waals surface area contributed by atoms with Crippen LogP contribution in [0.15, 0.2) is 30.0 Å². The Morgan fingerprint density at radius 1 is 1.00 bits per heavy atom. The van der Waals surface area contributed by atoms with E-state index in [2.05, 4.69) is 32.6 Å². The van der Waals surface area contributed by atoms with E-state index in [1.807, 2.05) is 0 Å². The maximum absolute atomic E-state index is 13.7. The molecule has 0 saturated carbocycles. The highest BCUT2D eigenvalue weighted by atomic mass is 127. The molecule has 35 heavy (non-hydrogen) atoms. The number of ketones is 1. The van der Waals surface area contributed by atoms with Crippen molar-refractivity contribution in [1.29, 1.82) is 0 Å². The van der Waals surface area contributed by atoms with E-state index < -0.39 is 5.97 Å². The molecule has 0 radical (unpaired) electrons. The van der Waals surface area contributed by atoms with Gasteiger partial charge in [-0.15, -0.1) is 0 Å². The second-order valence-corrected chi connectivity index (χ2v) is 9.74. The fourth-order valence-corrected chi connectivity index (χ4v) is 5.96. The molecule has 2 N–H and O–H groups in total. The molecule has 0 bridgehead atoms. The molecular weight excluding hydrogens is 569 g/mol. The third-order valence-corrected chi connectivity index (χ3v) is 7.47. The van der Waals surface area contributed by atoms with Crippen molar-refractivity contribution in [3.8, 4) is 17.2 Å². The van der Waals surface area contributed by atoms with E-state index in [4.69, 9.17) is 18.9 Å². The molecule has 3 heterocycles. The number of H-pyrrole nitrogens is 2. The number of aromatic nitrogens is 2. The molecule has 182 valence electrons. The van der Waals surface area contributed by atoms with E-state index in [-0.39, 0.29) is 27.2 Å². The summed E-state index contributed by atoms with van der Waals surface area (Å²) >= 11 is 2.28. The summed E-state index contributed by atoms with van der Waals surface area (Å²) in [5.74, 6) is -0.0340. The summed E-state index contributed by atoms with van der Waals surface area (Å²) in [6.45, 7) is 0.403. The first-order valence-corrected chi connectivity index (χ1v) is 11.9. The van der Waals surface area contributed by atoms with Crippen LogP contribution in [0.4, 0.5) is 0 Å². The van der Waals surface area contributed by atoms with E-state index >= 15 is 0 Å². The molecule has 1 aliphatic carbocycles. The van der Waals surface area contributed by atoms with Gasteiger partial charge in [0.2, 0.25) is 11.5 Å². The van der Waals surface area contributed by atoms with Gasteiger partial charge in [0, 0.05) is 33.5 Å². The molecule has 11 heteroatoms. The van der Waals surface area contributed by atoms with Crippen molar-refractivity contribution in [3.63, 3.8) is 0 Å². The van der Waals surface area contributed by atoms with Gasteiger partial charge in [0.1, 0.15) is 11.4 Å². The van der Waals surface area contributed by atoms with Crippen LogP contribution in [-0.2, 0) is 4.74 Å². The Kier molecular flexibility index (Phi) is 5.74. The molecular formula is C24H22IN3O7. The first kappa shape index (κ1) is 23.3. The number of nitrogens with zero attached hydrogens (tertiary/aromatic N) is 1. The van der Waals surface area contributed by atoms with Gasteiger partial charge in [-0.25, -0.2) is 4.79 Å². The fourth-order valence-electron chi connectivity index (χ4n) is 4.81. The Labute approximate surface area is 213 Å². The average Bonchev–Trinajstić information content (AvgIpc) is 3.57. The van der Waals surface area contributed by atoms with Crippen LogP contribution in [0.25, 0.3) is 10.9 Å². The van der Waals surface area contributed by atoms with Gasteiger partial charge < -0.3 is 33.8 Å². The molecule has 1 aromatic carbocycles. The van der Waals surface area contributed by atoms with E-state index in [9.17, 15) is 14.4 Å². The number of hydrogen-bond acceptors (Lipinski definition) is 7. The zero-order valence-electron chi connectivity index (χ0n) is 19.4. The van der Waals surface area contributed by atoms with Crippen LogP contribution in [0.1, 0.15) is 42.9 Å². The summed E-state index contributed by atoms with van der Waals surface area (Å²) in [6.07, 6.45) is 1.47. The van der Waals surface area contributed by atoms with Crippen LogP contribution >= 0.6 is 22.6 Å². The molecule has 2 aliphatic rings. The number of nitrogens with one attached hydrogen (secondary N) is 2. The number of rotatable bonds is 5. The number of methoxy groups -OCH3 is 4. The summed E-state index contributed by atoms with van der Waals surface area (Å²) < 4.78 is 21.2. The maximum Gasteiger partial charge on any atom is 0.354 e. The summed E-state index contributed by atoms with van der Waals surface area (Å²) in [7, 11) is 5.84. The van der Waals surface area contributed by atoms with Crippen molar-refractivity contribution in [2.45, 2.75) is 9.84 Å². The van der Waals surface area contributed by atoms with Gasteiger partial charge in [-0.2, -0.15) is 0 Å². The molecule has 1 aliphatic heterocycles. The Morgan fingerprint density at radius 3 is 2.40 bits per heavy atom. The topological polar surface area (TPSA) is 123 Å². The largest absolute Gasteiger partial charge is 0.493 e. The van der Waals surface area contributed by atoms with Gasteiger partial charge in [0.05, 0.1) is 39.6 Å². The van der Waals surface area contributed by atoms with Crippen LogP contribution in [0.2, 0.25) is 0 Å². The predicted molar refractivity (Wildman–Crippen MR) is 134 cm³/mol. The van der Waals surface area contributed by atoms with Crippen molar-refractivity contribution in [3.05, 3.63) is 52.6 Å². The number of alkyl halides is 1. The first-order valence-electron chi connectivity index (χ1n) is 10.7. The zero-order chi connectivity index (χ0) is 25.0. The quantitative estimate of drug-likeness (QED) is 0.265. The lowest BCUT2D eigenvalue weighted by Crippen LogP contribution is -2.29. The molecule has 2 aromatic heterocycles. The van der Waals surface area contributed by atoms with E-state index in [0.29, 0.717) is 57.3 Å². The normalized spacial score (nSPS) is 18.7. The van der Waals surface area contributed by atoms with Gasteiger partial charge in [0.25, 0.3) is 5.91 Å². The number of aromatic amines is 2. The number of hydrogen-bond donors (Lipinski definition) is 2. The number of halogens is 1. The number of esters is 1. The molecule has 1 saturated heterocycles. The summed E-state index contributed by atoms with van der Waals surface area (Å²) in [4.78, 5) is 46.2. The van der Waals surface area contributed by atoms with Crippen molar-refractivity contribution in [2.75, 3.05) is 35.0 Å². The summed E-state index contributed by atoms with van der Waals surface area (Å²) in [5, 5.41) is 0.717. The van der Waals surface area contributed by atoms with Crippen LogP contribution in [0.3, 0.4) is 0 Å². The first-order chi connectivity index (χ1) is 16.8. The van der Waals surface area contributed by atoms with Gasteiger partial charge in [-0.05, 0) is 23.8 Å². The average molecular weight is 591 g/mol. The number of carbonyl (C=O) groups excluding carboxylic acids is 3. The molecule has 10 nitrogen and oxygen atoms in total. The van der Waals surface area contributed by atoms with Crippen LogP contribution in [0.5, 0.6) is 17.2 Å². The van der Waals surface area contributed by atoms with Crippen molar-refractivity contribution in [2.24, 2.45) is 0 Å². The van der Waals surface area contributed by atoms with E-state index in [0.717, 1.165) is 0 Å². The lowest BCUT2D eigenvalue weighted by Gasteiger charge is -2.23. The smallest absolute Gasteiger partial charge is 0.354 e. The van der Waals surface area contributed by atoms with Gasteiger partial charge >= 0.3 is 5.97 Å². The Hall–Kier alpha value is -3.48. The number of amides is 1. The summed E-state index contributed by atoms with van der Waals surface area (Å²) in [5.41, 5.74) is 2.78. The second kappa shape index (κ2) is 8.63. The van der Waals surface area contributed by atoms with Crippen molar-refractivity contribution in [1.82, 2.24) is 14.9 Å². The van der Waals surface area contributed by atoms with E-state index in [1.165, 1.54) is 34.5 Å². The molecule has 5 rings (SSSR count). The SMILES string of the molecule is COC(=O)c1cc2c([nH]1)C(=O)C=C1C2[C@H](I)CN1C(=O)c1cc2cc(OC)c(OC)c(OC)c2[nH]1.